The molecule has 0 spiro atoms. The summed E-state index contributed by atoms with van der Waals surface area (Å²) in [7, 11) is 1.44. The molecule has 1 heterocycles. The van der Waals surface area contributed by atoms with Crippen LogP contribution in [0.5, 0.6) is 17.2 Å². The topological polar surface area (TPSA) is 137 Å². The van der Waals surface area contributed by atoms with E-state index >= 15 is 0 Å². The molecule has 0 bridgehead atoms. The first-order valence-electron chi connectivity index (χ1n) is 14.8. The number of methoxy groups -OCH3 is 1. The van der Waals surface area contributed by atoms with Gasteiger partial charge in [-0.3, -0.25) is 4.79 Å². The van der Waals surface area contributed by atoms with Crippen molar-refractivity contribution in [1.29, 1.82) is 0 Å². The molecule has 11 nitrogen and oxygen atoms in total. The second-order valence-electron chi connectivity index (χ2n) is 10.5. The van der Waals surface area contributed by atoms with Crippen LogP contribution < -0.4 is 30.3 Å². The highest BCUT2D eigenvalue weighted by molar-refractivity contribution is 9.10. The number of hydrogen-bond acceptors (Lipinski definition) is 8. The molecule has 0 unspecified atom stereocenters. The molecule has 1 aliphatic rings. The van der Waals surface area contributed by atoms with E-state index in [1.54, 1.807) is 44.2 Å². The Balaban J connectivity index is 1.24. The summed E-state index contributed by atoms with van der Waals surface area (Å²) in [4.78, 5) is 37.5. The van der Waals surface area contributed by atoms with Crippen molar-refractivity contribution in [3.8, 4) is 17.2 Å². The Hall–Kier alpha value is -5.07. The van der Waals surface area contributed by atoms with Gasteiger partial charge < -0.3 is 29.6 Å². The van der Waals surface area contributed by atoms with E-state index in [-0.39, 0.29) is 30.3 Å². The molecule has 0 aromatic heterocycles. The van der Waals surface area contributed by atoms with Gasteiger partial charge >= 0.3 is 12.0 Å². The number of carbonyl (C=O) groups excluding carboxylic acids is 3. The molecule has 0 radical (unpaired) electrons. The van der Waals surface area contributed by atoms with Crippen LogP contribution in [0.3, 0.4) is 0 Å². The van der Waals surface area contributed by atoms with Gasteiger partial charge in [0.15, 0.2) is 18.1 Å². The van der Waals surface area contributed by atoms with Crippen molar-refractivity contribution in [3.05, 3.63) is 110 Å². The summed E-state index contributed by atoms with van der Waals surface area (Å²) in [6.45, 7) is 3.42. The summed E-state index contributed by atoms with van der Waals surface area (Å²) in [6, 6.07) is 21.1. The number of carbonyl (C=O) groups is 3. The number of esters is 1. The Morgan fingerprint density at radius 2 is 1.83 bits per heavy atom. The molecule has 0 fully saturated rings. The number of ether oxygens (including phenoxy) is 4. The summed E-state index contributed by atoms with van der Waals surface area (Å²) in [5.41, 5.74) is 5.20. The van der Waals surface area contributed by atoms with Crippen molar-refractivity contribution >= 4 is 62.4 Å². The summed E-state index contributed by atoms with van der Waals surface area (Å²) in [5, 5.41) is 12.1. The number of halogens is 2. The Bertz CT molecular complexity index is 1930. The van der Waals surface area contributed by atoms with Crippen LogP contribution >= 0.6 is 27.5 Å². The Morgan fingerprint density at radius 1 is 1.04 bits per heavy atom. The van der Waals surface area contributed by atoms with Gasteiger partial charge in [0.2, 0.25) is 0 Å². The predicted octanol–water partition coefficient (Wildman–Crippen LogP) is 6.56. The zero-order chi connectivity index (χ0) is 34.2. The van der Waals surface area contributed by atoms with E-state index in [9.17, 15) is 14.4 Å². The molecule has 1 atom stereocenters. The average Bonchev–Trinajstić information content (AvgIpc) is 3.06. The molecule has 0 saturated carbocycles. The lowest BCUT2D eigenvalue weighted by molar-refractivity contribution is -0.139. The van der Waals surface area contributed by atoms with E-state index in [0.717, 1.165) is 16.3 Å². The Kier molecular flexibility index (Phi) is 11.2. The fourth-order valence-electron chi connectivity index (χ4n) is 5.15. The SMILES string of the molecule is CCOC(=O)C1=C(C)NC(=O)N[C@H]1c1ccc(OCC(=O)N/N=C/c2cc(Cl)cc(Br)c2OCc2cccc3ccccc23)c(OC)c1. The normalized spacial score (nSPS) is 14.4. The molecule has 1 aliphatic heterocycles. The highest BCUT2D eigenvalue weighted by Gasteiger charge is 2.32. The number of urea groups is 1. The minimum Gasteiger partial charge on any atom is -0.493 e. The van der Waals surface area contributed by atoms with Crippen LogP contribution in [0, 0.1) is 0 Å². The van der Waals surface area contributed by atoms with Crippen molar-refractivity contribution in [3.63, 3.8) is 0 Å². The quantitative estimate of drug-likeness (QED) is 0.0852. The van der Waals surface area contributed by atoms with Crippen LogP contribution in [0.15, 0.2) is 93.6 Å². The number of hydrazone groups is 1. The third-order valence-corrected chi connectivity index (χ3v) is 8.13. The molecule has 13 heteroatoms. The maximum Gasteiger partial charge on any atom is 0.338 e. The number of hydrogen-bond donors (Lipinski definition) is 3. The maximum absolute atomic E-state index is 12.7. The molecular formula is C35H32BrClN4O7. The number of fused-ring (bicyclic) bond motifs is 1. The lowest BCUT2D eigenvalue weighted by Gasteiger charge is -2.28. The summed E-state index contributed by atoms with van der Waals surface area (Å²) < 4.78 is 23.2. The first kappa shape index (κ1) is 34.3. The highest BCUT2D eigenvalue weighted by Crippen LogP contribution is 2.35. The molecule has 3 amide bonds. The largest absolute Gasteiger partial charge is 0.493 e. The van der Waals surface area contributed by atoms with E-state index in [2.05, 4.69) is 37.1 Å². The third-order valence-electron chi connectivity index (χ3n) is 7.33. The smallest absolute Gasteiger partial charge is 0.338 e. The van der Waals surface area contributed by atoms with Crippen LogP contribution in [-0.2, 0) is 20.9 Å². The second kappa shape index (κ2) is 15.7. The average molecular weight is 736 g/mol. The molecule has 5 rings (SSSR count). The van der Waals surface area contributed by atoms with Crippen LogP contribution in [0.1, 0.15) is 36.6 Å². The lowest BCUT2D eigenvalue weighted by Crippen LogP contribution is -2.45. The van der Waals surface area contributed by atoms with Crippen LogP contribution in [0.25, 0.3) is 10.8 Å². The van der Waals surface area contributed by atoms with Crippen molar-refractivity contribution in [1.82, 2.24) is 16.1 Å². The molecule has 248 valence electrons. The molecule has 4 aromatic rings. The fourth-order valence-corrected chi connectivity index (χ4v) is 6.10. The van der Waals surface area contributed by atoms with Gasteiger partial charge in [-0.15, -0.1) is 0 Å². The maximum atomic E-state index is 12.7. The molecule has 0 saturated heterocycles. The van der Waals surface area contributed by atoms with Crippen molar-refractivity contribution < 1.29 is 33.3 Å². The lowest BCUT2D eigenvalue weighted by atomic mass is 9.95. The summed E-state index contributed by atoms with van der Waals surface area (Å²) in [6.07, 6.45) is 1.44. The molecule has 48 heavy (non-hydrogen) atoms. The third kappa shape index (κ3) is 8.07. The van der Waals surface area contributed by atoms with Gasteiger partial charge in [0.25, 0.3) is 5.91 Å². The minimum atomic E-state index is -0.786. The van der Waals surface area contributed by atoms with Gasteiger partial charge in [-0.1, -0.05) is 60.1 Å². The van der Waals surface area contributed by atoms with E-state index in [1.807, 2.05) is 42.5 Å². The molecule has 3 N–H and O–H groups in total. The number of nitrogens with one attached hydrogen (secondary N) is 3. The van der Waals surface area contributed by atoms with Crippen molar-refractivity contribution in [2.24, 2.45) is 5.10 Å². The number of allylic oxidation sites excluding steroid dienone is 1. The Morgan fingerprint density at radius 3 is 2.62 bits per heavy atom. The molecule has 4 aromatic carbocycles. The molecule has 0 aliphatic carbocycles. The zero-order valence-corrected chi connectivity index (χ0v) is 28.6. The van der Waals surface area contributed by atoms with Crippen molar-refractivity contribution in [2.75, 3.05) is 20.3 Å². The van der Waals surface area contributed by atoms with E-state index in [0.29, 0.717) is 38.7 Å². The van der Waals surface area contributed by atoms with E-state index in [4.69, 9.17) is 30.5 Å². The molecular weight excluding hydrogens is 704 g/mol. The van der Waals surface area contributed by atoms with Crippen LogP contribution in [-0.4, -0.2) is 44.4 Å². The number of nitrogens with zero attached hydrogens (tertiary/aromatic N) is 1. The summed E-state index contributed by atoms with van der Waals surface area (Å²) >= 11 is 9.82. The number of rotatable bonds is 12. The van der Waals surface area contributed by atoms with Gasteiger partial charge in [-0.05, 0) is 75.9 Å². The van der Waals surface area contributed by atoms with Gasteiger partial charge in [-0.2, -0.15) is 5.10 Å². The van der Waals surface area contributed by atoms with Crippen LogP contribution in [0.2, 0.25) is 5.02 Å². The predicted molar refractivity (Wildman–Crippen MR) is 185 cm³/mol. The minimum absolute atomic E-state index is 0.177. The second-order valence-corrected chi connectivity index (χ2v) is 11.8. The van der Waals surface area contributed by atoms with Crippen molar-refractivity contribution in [2.45, 2.75) is 26.5 Å². The van der Waals surface area contributed by atoms with E-state index < -0.39 is 23.9 Å². The highest BCUT2D eigenvalue weighted by atomic mass is 79.9. The number of benzene rings is 4. The van der Waals surface area contributed by atoms with Gasteiger partial charge in [0.1, 0.15) is 12.4 Å². The number of amides is 3. The van der Waals surface area contributed by atoms with E-state index in [1.165, 1.54) is 13.3 Å². The first-order valence-corrected chi connectivity index (χ1v) is 16.0. The van der Waals surface area contributed by atoms with Gasteiger partial charge in [0.05, 0.1) is 36.0 Å². The Labute approximate surface area is 290 Å². The first-order chi connectivity index (χ1) is 23.2. The van der Waals surface area contributed by atoms with Gasteiger partial charge in [-0.25, -0.2) is 15.0 Å². The summed E-state index contributed by atoms with van der Waals surface area (Å²) in [5.74, 6) is -0.0354. The monoisotopic (exact) mass is 734 g/mol. The zero-order valence-electron chi connectivity index (χ0n) is 26.3. The fraction of sp³-hybridized carbons (Fsp3) is 0.200. The van der Waals surface area contributed by atoms with Gasteiger partial charge in [0, 0.05) is 16.3 Å². The van der Waals surface area contributed by atoms with Crippen LogP contribution in [0.4, 0.5) is 4.79 Å². The standard InChI is InChI=1S/C35H32BrClN4O7/c1-4-46-34(43)31-20(2)39-35(44)40-32(31)22-12-13-28(29(15-22)45-3)47-19-30(42)41-38-17-24-14-25(37)16-27(36)33(24)48-18-23-10-7-9-21-8-5-6-11-26(21)23/h5-17,32H,4,18-19H2,1-3H3,(H,41,42)(H2,39,40,44)/b38-17+/t32-/m0/s1.